The molecule has 0 spiro atoms. The molecular weight excluding hydrogens is 378 g/mol. The van der Waals surface area contributed by atoms with E-state index in [1.807, 2.05) is 24.1 Å². The number of amidine groups is 1. The van der Waals surface area contributed by atoms with Crippen LogP contribution in [0.4, 0.5) is 4.79 Å². The third-order valence-corrected chi connectivity index (χ3v) is 5.92. The molecule has 2 fully saturated rings. The Bertz CT molecular complexity index is 854. The molecule has 28 heavy (non-hydrogen) atoms. The van der Waals surface area contributed by atoms with Gasteiger partial charge in [-0.15, -0.1) is 0 Å². The van der Waals surface area contributed by atoms with E-state index in [1.165, 1.54) is 22.6 Å². The number of amides is 3. The van der Waals surface area contributed by atoms with Crippen molar-refractivity contribution in [2.75, 3.05) is 27.2 Å². The van der Waals surface area contributed by atoms with E-state index in [-0.39, 0.29) is 18.5 Å². The highest BCUT2D eigenvalue weighted by Crippen LogP contribution is 2.24. The number of hydrogen-bond donors (Lipinski definition) is 0. The number of urea groups is 1. The van der Waals surface area contributed by atoms with E-state index in [0.29, 0.717) is 10.9 Å². The molecule has 4 rings (SSSR count). The van der Waals surface area contributed by atoms with Gasteiger partial charge in [-0.2, -0.15) is 0 Å². The van der Waals surface area contributed by atoms with Crippen molar-refractivity contribution in [3.8, 4) is 0 Å². The van der Waals surface area contributed by atoms with Crippen molar-refractivity contribution in [2.24, 2.45) is 4.99 Å². The summed E-state index contributed by atoms with van der Waals surface area (Å²) >= 11 is 5.94. The number of likely N-dealkylation sites (N-methyl/N-ethyl adjacent to an activating group) is 2. The summed E-state index contributed by atoms with van der Waals surface area (Å²) in [5.41, 5.74) is 0.859. The normalized spacial score (nSPS) is 23.2. The summed E-state index contributed by atoms with van der Waals surface area (Å²) in [5.74, 6) is 1.08. The Balaban J connectivity index is 1.63. The molecule has 0 radical (unpaired) electrons. The van der Waals surface area contributed by atoms with E-state index in [1.54, 1.807) is 19.2 Å². The van der Waals surface area contributed by atoms with Crippen LogP contribution in [0.5, 0.6) is 0 Å². The molecule has 3 aliphatic heterocycles. The van der Waals surface area contributed by atoms with E-state index in [0.717, 1.165) is 37.5 Å². The maximum absolute atomic E-state index is 13.2. The smallest absolute Gasteiger partial charge is 0.270 e. The van der Waals surface area contributed by atoms with Crippen molar-refractivity contribution in [1.29, 1.82) is 0 Å². The summed E-state index contributed by atoms with van der Waals surface area (Å²) in [6, 6.07) is 6.28. The number of carbonyl (C=O) groups is 2. The average Bonchev–Trinajstić information content (AvgIpc) is 2.85. The number of aliphatic imine (C=N–C) groups is 1. The molecule has 3 heterocycles. The fourth-order valence-electron chi connectivity index (χ4n) is 4.07. The second kappa shape index (κ2) is 7.54. The van der Waals surface area contributed by atoms with Gasteiger partial charge in [0.1, 0.15) is 0 Å². The topological polar surface area (TPSA) is 59.2 Å². The first-order chi connectivity index (χ1) is 13.5. The van der Waals surface area contributed by atoms with E-state index in [2.05, 4.69) is 4.58 Å². The molecule has 0 aromatic heterocycles. The highest BCUT2D eigenvalue weighted by Gasteiger charge is 2.54. The van der Waals surface area contributed by atoms with Crippen molar-refractivity contribution in [1.82, 2.24) is 14.7 Å². The van der Waals surface area contributed by atoms with Crippen LogP contribution in [0.1, 0.15) is 31.2 Å². The molecule has 1 aromatic rings. The van der Waals surface area contributed by atoms with Crippen LogP contribution in [0.25, 0.3) is 0 Å². The van der Waals surface area contributed by atoms with E-state index in [4.69, 9.17) is 16.6 Å². The van der Waals surface area contributed by atoms with Crippen LogP contribution in [0, 0.1) is 0 Å². The van der Waals surface area contributed by atoms with Crippen LogP contribution < -0.4 is 0 Å². The summed E-state index contributed by atoms with van der Waals surface area (Å²) in [7, 11) is 3.58. The van der Waals surface area contributed by atoms with Gasteiger partial charge >= 0.3 is 12.0 Å². The molecule has 3 aliphatic rings. The Hall–Kier alpha value is -2.41. The Morgan fingerprint density at radius 1 is 1.07 bits per heavy atom. The Morgan fingerprint density at radius 3 is 2.36 bits per heavy atom. The summed E-state index contributed by atoms with van der Waals surface area (Å²) in [6.45, 7) is 2.09. The maximum atomic E-state index is 13.2. The fourth-order valence-corrected chi connectivity index (χ4v) is 4.19. The van der Waals surface area contributed by atoms with Gasteiger partial charge in [-0.05, 0) is 30.5 Å². The molecule has 8 heteroatoms. The highest BCUT2D eigenvalue weighted by molar-refractivity contribution is 6.30. The molecule has 2 saturated heterocycles. The lowest BCUT2D eigenvalue weighted by atomic mass is 10.1. The molecule has 7 nitrogen and oxygen atoms in total. The standard InChI is InChI=1S/C20H25ClN5O2/c1-23-16-17(22-19(23)25-11-5-3-4-6-12-25)24(2)20(28)26(18(16)27)13-14-7-9-15(21)10-8-14/h7-10,16H,3-6,11-13H2,1-2H3/q+1. The number of hydrogen-bond acceptors (Lipinski definition) is 2. The molecule has 0 N–H and O–H groups in total. The maximum Gasteiger partial charge on any atom is 0.392 e. The second-order valence-electron chi connectivity index (χ2n) is 7.58. The zero-order valence-corrected chi connectivity index (χ0v) is 17.0. The Morgan fingerprint density at radius 2 is 1.71 bits per heavy atom. The first-order valence-corrected chi connectivity index (χ1v) is 10.1. The predicted octanol–water partition coefficient (Wildman–Crippen LogP) is 2.39. The summed E-state index contributed by atoms with van der Waals surface area (Å²) in [4.78, 5) is 35.6. The molecule has 148 valence electrons. The van der Waals surface area contributed by atoms with Crippen LogP contribution in [-0.2, 0) is 11.3 Å². The lowest BCUT2D eigenvalue weighted by Gasteiger charge is -2.34. The van der Waals surface area contributed by atoms with Gasteiger partial charge < -0.3 is 0 Å². The van der Waals surface area contributed by atoms with Crippen molar-refractivity contribution in [2.45, 2.75) is 38.3 Å². The van der Waals surface area contributed by atoms with Gasteiger partial charge in [0.25, 0.3) is 5.91 Å². The molecule has 1 atom stereocenters. The average molecular weight is 403 g/mol. The van der Waals surface area contributed by atoms with Gasteiger partial charge in [0.2, 0.25) is 11.9 Å². The third kappa shape index (κ3) is 3.28. The lowest BCUT2D eigenvalue weighted by molar-refractivity contribution is -0.531. The molecule has 0 saturated carbocycles. The van der Waals surface area contributed by atoms with Crippen molar-refractivity contribution >= 4 is 35.3 Å². The van der Waals surface area contributed by atoms with Gasteiger partial charge in [-0.3, -0.25) is 19.2 Å². The minimum Gasteiger partial charge on any atom is -0.270 e. The molecule has 1 aromatic carbocycles. The second-order valence-corrected chi connectivity index (χ2v) is 8.01. The number of carbonyl (C=O) groups excluding carboxylic acids is 2. The van der Waals surface area contributed by atoms with Gasteiger partial charge in [0.05, 0.1) is 26.7 Å². The number of rotatable bonds is 2. The zero-order valence-electron chi connectivity index (χ0n) is 16.3. The minimum absolute atomic E-state index is 0.218. The van der Waals surface area contributed by atoms with Crippen LogP contribution in [0.15, 0.2) is 29.3 Å². The monoisotopic (exact) mass is 402 g/mol. The van der Waals surface area contributed by atoms with Crippen LogP contribution in [-0.4, -0.2) is 76.2 Å². The van der Waals surface area contributed by atoms with Crippen molar-refractivity contribution < 1.29 is 14.2 Å². The fraction of sp³-hybridized carbons (Fsp3) is 0.500. The Kier molecular flexibility index (Phi) is 5.10. The zero-order chi connectivity index (χ0) is 19.8. The molecule has 3 amide bonds. The van der Waals surface area contributed by atoms with E-state index < -0.39 is 6.04 Å². The van der Waals surface area contributed by atoms with Crippen LogP contribution in [0.2, 0.25) is 5.02 Å². The SMILES string of the molecule is CN1C(=O)N(Cc2ccc(Cl)cc2)C(=O)C2C1=NC(=[N+]1CCCCCC1)N2C. The van der Waals surface area contributed by atoms with Crippen LogP contribution in [0.3, 0.4) is 0 Å². The summed E-state index contributed by atoms with van der Waals surface area (Å²) in [5, 5.41) is 0.624. The summed E-state index contributed by atoms with van der Waals surface area (Å²) < 4.78 is 2.24. The minimum atomic E-state index is -0.562. The largest absolute Gasteiger partial charge is 0.392 e. The van der Waals surface area contributed by atoms with E-state index in [9.17, 15) is 9.59 Å². The van der Waals surface area contributed by atoms with Gasteiger partial charge in [-0.25, -0.2) is 9.69 Å². The summed E-state index contributed by atoms with van der Waals surface area (Å²) in [6.07, 6.45) is 4.69. The number of benzene rings is 1. The van der Waals surface area contributed by atoms with Crippen LogP contribution >= 0.6 is 11.6 Å². The van der Waals surface area contributed by atoms with Crippen molar-refractivity contribution in [3.05, 3.63) is 34.9 Å². The first-order valence-electron chi connectivity index (χ1n) is 9.74. The number of nitrogens with zero attached hydrogens (tertiary/aromatic N) is 5. The number of fused-ring (bicyclic) bond motifs is 1. The predicted molar refractivity (Wildman–Crippen MR) is 108 cm³/mol. The van der Waals surface area contributed by atoms with Gasteiger partial charge in [0, 0.05) is 12.1 Å². The third-order valence-electron chi connectivity index (χ3n) is 5.67. The van der Waals surface area contributed by atoms with Gasteiger partial charge in [-0.1, -0.05) is 41.6 Å². The van der Waals surface area contributed by atoms with Gasteiger partial charge in [0.15, 0.2) is 0 Å². The number of halogens is 1. The molecular formula is C20H25ClN5O2+. The quantitative estimate of drug-likeness (QED) is 0.714. The lowest BCUT2D eigenvalue weighted by Crippen LogP contribution is -2.63. The number of imide groups is 1. The first kappa shape index (κ1) is 18.9. The molecule has 0 aliphatic carbocycles. The number of guanidine groups is 1. The van der Waals surface area contributed by atoms with Crippen molar-refractivity contribution in [3.63, 3.8) is 0 Å². The van der Waals surface area contributed by atoms with E-state index >= 15 is 0 Å². The molecule has 1 unspecified atom stereocenters. The highest BCUT2D eigenvalue weighted by atomic mass is 35.5. The molecule has 0 bridgehead atoms. The Labute approximate surface area is 169 Å².